The fourth-order valence-corrected chi connectivity index (χ4v) is 2.51. The van der Waals surface area contributed by atoms with Crippen LogP contribution in [0.2, 0.25) is 0 Å². The van der Waals surface area contributed by atoms with E-state index in [2.05, 4.69) is 25.1 Å². The number of hydrogen-bond donors (Lipinski definition) is 0. The molecule has 29 heavy (non-hydrogen) atoms. The predicted octanol–water partition coefficient (Wildman–Crippen LogP) is 4.98. The molecule has 0 aliphatic heterocycles. The first-order valence-corrected chi connectivity index (χ1v) is 9.19. The second kappa shape index (κ2) is 10.6. The van der Waals surface area contributed by atoms with E-state index in [0.717, 1.165) is 6.42 Å². The Morgan fingerprint density at radius 3 is 1.76 bits per heavy atom. The highest BCUT2D eigenvalue weighted by molar-refractivity contribution is 5.48. The lowest BCUT2D eigenvalue weighted by Crippen LogP contribution is -2.24. The van der Waals surface area contributed by atoms with Crippen molar-refractivity contribution in [2.45, 2.75) is 33.0 Å². The number of nitriles is 2. The number of rotatable bonds is 9. The average molecular weight is 392 g/mol. The van der Waals surface area contributed by atoms with Gasteiger partial charge in [0.05, 0.1) is 37.5 Å². The SMILES string of the molecule is CC/C(C)=C\CC(Oc1ccc(C#N)cc1OC)Oc1ccc(C#N)cc1OC. The molecule has 2 rings (SSSR count). The van der Waals surface area contributed by atoms with Crippen molar-refractivity contribution < 1.29 is 18.9 Å². The third kappa shape index (κ3) is 5.92. The Labute approximate surface area is 171 Å². The first-order valence-electron chi connectivity index (χ1n) is 9.19. The number of ether oxygens (including phenoxy) is 4. The van der Waals surface area contributed by atoms with Gasteiger partial charge < -0.3 is 18.9 Å². The minimum atomic E-state index is -0.667. The molecule has 0 saturated heterocycles. The zero-order valence-electron chi connectivity index (χ0n) is 17.1. The second-order valence-electron chi connectivity index (χ2n) is 6.26. The van der Waals surface area contributed by atoms with Crippen LogP contribution in [0, 0.1) is 22.7 Å². The normalized spacial score (nSPS) is 10.8. The lowest BCUT2D eigenvalue weighted by atomic mass is 10.2. The average Bonchev–Trinajstić information content (AvgIpc) is 2.77. The molecule has 0 heterocycles. The van der Waals surface area contributed by atoms with Gasteiger partial charge in [-0.15, -0.1) is 0 Å². The van der Waals surface area contributed by atoms with Gasteiger partial charge in [0.1, 0.15) is 0 Å². The standard InChI is InChI=1S/C23H24N2O4/c1-5-16(2)6-11-23(28-19-9-7-17(14-24)12-21(19)26-3)29-20-10-8-18(15-25)13-22(20)27-4/h6-10,12-13,23H,5,11H2,1-4H3/b16-6-. The number of allylic oxidation sites excluding steroid dienone is 1. The van der Waals surface area contributed by atoms with Crippen LogP contribution in [0.5, 0.6) is 23.0 Å². The maximum absolute atomic E-state index is 9.08. The zero-order valence-corrected chi connectivity index (χ0v) is 17.1. The van der Waals surface area contributed by atoms with Crippen molar-refractivity contribution in [3.8, 4) is 35.1 Å². The molecule has 6 heteroatoms. The highest BCUT2D eigenvalue weighted by Crippen LogP contribution is 2.33. The van der Waals surface area contributed by atoms with Gasteiger partial charge in [0, 0.05) is 18.6 Å². The van der Waals surface area contributed by atoms with E-state index in [1.165, 1.54) is 19.8 Å². The molecule has 6 nitrogen and oxygen atoms in total. The monoisotopic (exact) mass is 392 g/mol. The first-order chi connectivity index (χ1) is 14.0. The lowest BCUT2D eigenvalue weighted by Gasteiger charge is -2.22. The van der Waals surface area contributed by atoms with E-state index in [1.54, 1.807) is 36.4 Å². The van der Waals surface area contributed by atoms with Crippen LogP contribution < -0.4 is 18.9 Å². The van der Waals surface area contributed by atoms with Crippen LogP contribution in [0.1, 0.15) is 37.8 Å². The van der Waals surface area contributed by atoms with E-state index in [4.69, 9.17) is 29.5 Å². The Kier molecular flexibility index (Phi) is 7.94. The van der Waals surface area contributed by atoms with Crippen LogP contribution >= 0.6 is 0 Å². The highest BCUT2D eigenvalue weighted by atomic mass is 16.7. The summed E-state index contributed by atoms with van der Waals surface area (Å²) in [5.74, 6) is 1.82. The molecule has 0 aliphatic carbocycles. The van der Waals surface area contributed by atoms with E-state index in [0.29, 0.717) is 40.5 Å². The number of benzene rings is 2. The summed E-state index contributed by atoms with van der Waals surface area (Å²) < 4.78 is 22.8. The Hall–Kier alpha value is -3.64. The third-order valence-corrected chi connectivity index (χ3v) is 4.32. The summed E-state index contributed by atoms with van der Waals surface area (Å²) in [6, 6.07) is 14.1. The van der Waals surface area contributed by atoms with Crippen molar-refractivity contribution in [3.05, 3.63) is 59.2 Å². The van der Waals surface area contributed by atoms with E-state index in [-0.39, 0.29) is 0 Å². The molecule has 0 saturated carbocycles. The fourth-order valence-electron chi connectivity index (χ4n) is 2.51. The molecule has 0 unspecified atom stereocenters. The quantitative estimate of drug-likeness (QED) is 0.442. The van der Waals surface area contributed by atoms with Crippen LogP contribution in [-0.4, -0.2) is 20.5 Å². The van der Waals surface area contributed by atoms with Crippen molar-refractivity contribution in [1.29, 1.82) is 10.5 Å². The molecule has 0 spiro atoms. The Morgan fingerprint density at radius 1 is 0.897 bits per heavy atom. The van der Waals surface area contributed by atoms with Crippen LogP contribution in [-0.2, 0) is 0 Å². The zero-order chi connectivity index (χ0) is 21.2. The Bertz CT molecular complexity index is 887. The van der Waals surface area contributed by atoms with Gasteiger partial charge in [0.25, 0.3) is 0 Å². The van der Waals surface area contributed by atoms with E-state index >= 15 is 0 Å². The van der Waals surface area contributed by atoms with Gasteiger partial charge in [-0.2, -0.15) is 10.5 Å². The maximum Gasteiger partial charge on any atom is 0.244 e. The van der Waals surface area contributed by atoms with Gasteiger partial charge >= 0.3 is 0 Å². The lowest BCUT2D eigenvalue weighted by molar-refractivity contribution is 0.00497. The molecular weight excluding hydrogens is 368 g/mol. The molecule has 2 aromatic rings. The summed E-state index contributed by atoms with van der Waals surface area (Å²) in [6.45, 7) is 4.12. The van der Waals surface area contributed by atoms with Gasteiger partial charge in [-0.25, -0.2) is 0 Å². The summed E-state index contributed by atoms with van der Waals surface area (Å²) in [5, 5.41) is 18.2. The largest absolute Gasteiger partial charge is 0.493 e. The van der Waals surface area contributed by atoms with Crippen molar-refractivity contribution in [1.82, 2.24) is 0 Å². The summed E-state index contributed by atoms with van der Waals surface area (Å²) >= 11 is 0. The topological polar surface area (TPSA) is 84.5 Å². The minimum absolute atomic E-state index is 0.445. The molecule has 2 aromatic carbocycles. The third-order valence-electron chi connectivity index (χ3n) is 4.32. The van der Waals surface area contributed by atoms with Crippen LogP contribution in [0.15, 0.2) is 48.0 Å². The van der Waals surface area contributed by atoms with Crippen LogP contribution in [0.3, 0.4) is 0 Å². The summed E-state index contributed by atoms with van der Waals surface area (Å²) in [4.78, 5) is 0. The number of nitrogens with zero attached hydrogens (tertiary/aromatic N) is 2. The van der Waals surface area contributed by atoms with Gasteiger partial charge in [-0.05, 0) is 37.6 Å². The van der Waals surface area contributed by atoms with Crippen molar-refractivity contribution >= 4 is 0 Å². The molecule has 0 aromatic heterocycles. The molecular formula is C23H24N2O4. The molecule has 150 valence electrons. The number of hydrogen-bond acceptors (Lipinski definition) is 6. The molecule has 0 N–H and O–H groups in total. The van der Waals surface area contributed by atoms with Gasteiger partial charge in [0.2, 0.25) is 6.29 Å². The van der Waals surface area contributed by atoms with Crippen LogP contribution in [0.25, 0.3) is 0 Å². The molecule has 0 fully saturated rings. The van der Waals surface area contributed by atoms with Crippen molar-refractivity contribution in [2.75, 3.05) is 14.2 Å². The summed E-state index contributed by atoms with van der Waals surface area (Å²) in [7, 11) is 3.04. The molecule has 0 aliphatic rings. The van der Waals surface area contributed by atoms with Crippen LogP contribution in [0.4, 0.5) is 0 Å². The van der Waals surface area contributed by atoms with Crippen molar-refractivity contribution in [3.63, 3.8) is 0 Å². The first kappa shape index (κ1) is 21.7. The highest BCUT2D eigenvalue weighted by Gasteiger charge is 2.17. The molecule has 0 bridgehead atoms. The van der Waals surface area contributed by atoms with Gasteiger partial charge in [-0.3, -0.25) is 0 Å². The van der Waals surface area contributed by atoms with E-state index < -0.39 is 6.29 Å². The van der Waals surface area contributed by atoms with Crippen molar-refractivity contribution in [2.24, 2.45) is 0 Å². The Morgan fingerprint density at radius 2 is 1.38 bits per heavy atom. The molecule has 0 radical (unpaired) electrons. The summed E-state index contributed by atoms with van der Waals surface area (Å²) in [5.41, 5.74) is 2.16. The molecule has 0 amide bonds. The Balaban J connectivity index is 2.33. The van der Waals surface area contributed by atoms with E-state index in [1.807, 2.05) is 6.92 Å². The predicted molar refractivity (Wildman–Crippen MR) is 109 cm³/mol. The number of methoxy groups -OCH3 is 2. The fraction of sp³-hybridized carbons (Fsp3) is 0.304. The van der Waals surface area contributed by atoms with Gasteiger partial charge in [-0.1, -0.05) is 18.6 Å². The maximum atomic E-state index is 9.08. The second-order valence-corrected chi connectivity index (χ2v) is 6.26. The minimum Gasteiger partial charge on any atom is -0.493 e. The molecule has 0 atom stereocenters. The summed E-state index contributed by atoms with van der Waals surface area (Å²) in [6.07, 6.45) is 2.80. The smallest absolute Gasteiger partial charge is 0.244 e. The van der Waals surface area contributed by atoms with Gasteiger partial charge in [0.15, 0.2) is 23.0 Å². The van der Waals surface area contributed by atoms with E-state index in [9.17, 15) is 0 Å².